The number of carbonyl (C=O) groups excluding carboxylic acids is 1. The number of benzene rings is 2. The molecule has 0 bridgehead atoms. The highest BCUT2D eigenvalue weighted by atomic mass is 16.5. The molecule has 2 aromatic carbocycles. The molecule has 0 aliphatic rings. The van der Waals surface area contributed by atoms with Crippen molar-refractivity contribution in [3.8, 4) is 11.1 Å². The van der Waals surface area contributed by atoms with E-state index in [1.54, 1.807) is 7.05 Å². The molecule has 2 rings (SSSR count). The summed E-state index contributed by atoms with van der Waals surface area (Å²) in [6.45, 7) is 0. The second-order valence-electron chi connectivity index (χ2n) is 4.63. The Morgan fingerprint density at radius 1 is 1.05 bits per heavy atom. The number of methoxy groups -OCH3 is 1. The van der Waals surface area contributed by atoms with Crippen molar-refractivity contribution in [3.05, 3.63) is 60.2 Å². The molecule has 0 spiro atoms. The molecule has 1 atom stereocenters. The molecule has 0 fully saturated rings. The Kier molecular flexibility index (Phi) is 4.91. The van der Waals surface area contributed by atoms with Crippen LogP contribution < -0.4 is 5.32 Å². The molecule has 0 aliphatic heterocycles. The minimum Gasteiger partial charge on any atom is -0.468 e. The van der Waals surface area contributed by atoms with Gasteiger partial charge in [-0.15, -0.1) is 0 Å². The molecule has 2 aromatic rings. The molecule has 0 radical (unpaired) electrons. The van der Waals surface area contributed by atoms with Crippen LogP contribution in [0.3, 0.4) is 0 Å². The van der Waals surface area contributed by atoms with E-state index in [1.165, 1.54) is 18.2 Å². The van der Waals surface area contributed by atoms with E-state index in [2.05, 4.69) is 41.7 Å². The number of rotatable bonds is 5. The molecule has 1 N–H and O–H groups in total. The third-order valence-corrected chi connectivity index (χ3v) is 3.34. The van der Waals surface area contributed by atoms with Gasteiger partial charge in [-0.25, -0.2) is 0 Å². The summed E-state index contributed by atoms with van der Waals surface area (Å²) in [5.41, 5.74) is 3.47. The Balaban J connectivity index is 2.10. The summed E-state index contributed by atoms with van der Waals surface area (Å²) in [5, 5.41) is 2.97. The highest BCUT2D eigenvalue weighted by Gasteiger charge is 2.16. The molecule has 20 heavy (non-hydrogen) atoms. The maximum absolute atomic E-state index is 11.6. The minimum atomic E-state index is -0.303. The first kappa shape index (κ1) is 14.3. The predicted molar refractivity (Wildman–Crippen MR) is 80.4 cm³/mol. The Labute approximate surface area is 119 Å². The van der Waals surface area contributed by atoms with Gasteiger partial charge in [0, 0.05) is 0 Å². The van der Waals surface area contributed by atoms with Crippen LogP contribution in [0.1, 0.15) is 5.56 Å². The number of nitrogens with one attached hydrogen (secondary N) is 1. The fourth-order valence-electron chi connectivity index (χ4n) is 2.15. The second-order valence-corrected chi connectivity index (χ2v) is 4.63. The lowest BCUT2D eigenvalue weighted by Crippen LogP contribution is -2.36. The first-order valence-electron chi connectivity index (χ1n) is 6.64. The number of likely N-dealkylation sites (N-methyl/N-ethyl adjacent to an activating group) is 1. The van der Waals surface area contributed by atoms with Gasteiger partial charge in [-0.05, 0) is 30.2 Å². The van der Waals surface area contributed by atoms with Crippen LogP contribution in [0.4, 0.5) is 0 Å². The monoisotopic (exact) mass is 269 g/mol. The lowest BCUT2D eigenvalue weighted by molar-refractivity contribution is -0.142. The van der Waals surface area contributed by atoms with Crippen molar-refractivity contribution in [2.24, 2.45) is 0 Å². The molecular formula is C17H19NO2. The Bertz CT molecular complexity index is 549. The summed E-state index contributed by atoms with van der Waals surface area (Å²) in [6.07, 6.45) is 0.623. The molecule has 3 heteroatoms. The SMILES string of the molecule is CN[C@@H](Cc1ccc(-c2ccccc2)cc1)C(=O)OC. The predicted octanol–water partition coefficient (Wildman–Crippen LogP) is 2.66. The Hall–Kier alpha value is -2.13. The van der Waals surface area contributed by atoms with Crippen molar-refractivity contribution in [1.29, 1.82) is 0 Å². The van der Waals surface area contributed by atoms with Gasteiger partial charge in [-0.1, -0.05) is 54.6 Å². The zero-order valence-electron chi connectivity index (χ0n) is 11.8. The van der Waals surface area contributed by atoms with Gasteiger partial charge in [-0.3, -0.25) is 4.79 Å². The molecule has 0 unspecified atom stereocenters. The van der Waals surface area contributed by atoms with Gasteiger partial charge in [0.2, 0.25) is 0 Å². The Morgan fingerprint density at radius 3 is 2.20 bits per heavy atom. The van der Waals surface area contributed by atoms with E-state index >= 15 is 0 Å². The maximum atomic E-state index is 11.6. The first-order valence-corrected chi connectivity index (χ1v) is 6.64. The second kappa shape index (κ2) is 6.87. The number of hydrogen-bond acceptors (Lipinski definition) is 3. The van der Waals surface area contributed by atoms with E-state index in [4.69, 9.17) is 4.74 Å². The summed E-state index contributed by atoms with van der Waals surface area (Å²) in [4.78, 5) is 11.6. The maximum Gasteiger partial charge on any atom is 0.323 e. The molecule has 0 aliphatic carbocycles. The fraction of sp³-hybridized carbons (Fsp3) is 0.235. The first-order chi connectivity index (χ1) is 9.74. The van der Waals surface area contributed by atoms with Crippen molar-refractivity contribution in [2.75, 3.05) is 14.2 Å². The van der Waals surface area contributed by atoms with Crippen LogP contribution >= 0.6 is 0 Å². The van der Waals surface area contributed by atoms with Gasteiger partial charge in [0.15, 0.2) is 0 Å². The summed E-state index contributed by atoms with van der Waals surface area (Å²) < 4.78 is 4.77. The van der Waals surface area contributed by atoms with Crippen molar-refractivity contribution in [1.82, 2.24) is 5.32 Å². The van der Waals surface area contributed by atoms with Gasteiger partial charge >= 0.3 is 5.97 Å². The zero-order chi connectivity index (χ0) is 14.4. The largest absolute Gasteiger partial charge is 0.468 e. The number of hydrogen-bond donors (Lipinski definition) is 1. The summed E-state index contributed by atoms with van der Waals surface area (Å²) in [6, 6.07) is 18.2. The van der Waals surface area contributed by atoms with Crippen LogP contribution in [0.5, 0.6) is 0 Å². The lowest BCUT2D eigenvalue weighted by atomic mass is 10.0. The average Bonchev–Trinajstić information content (AvgIpc) is 2.53. The van der Waals surface area contributed by atoms with E-state index in [0.29, 0.717) is 6.42 Å². The van der Waals surface area contributed by atoms with E-state index in [-0.39, 0.29) is 12.0 Å². The quantitative estimate of drug-likeness (QED) is 0.848. The van der Waals surface area contributed by atoms with Crippen LogP contribution in [0.25, 0.3) is 11.1 Å². The minimum absolute atomic E-state index is 0.236. The smallest absolute Gasteiger partial charge is 0.323 e. The van der Waals surface area contributed by atoms with Crippen molar-refractivity contribution >= 4 is 5.97 Å². The highest BCUT2D eigenvalue weighted by molar-refractivity contribution is 5.76. The number of ether oxygens (including phenoxy) is 1. The van der Waals surface area contributed by atoms with Crippen molar-refractivity contribution < 1.29 is 9.53 Å². The van der Waals surface area contributed by atoms with Crippen LogP contribution in [0.2, 0.25) is 0 Å². The molecule has 0 amide bonds. The fourth-order valence-corrected chi connectivity index (χ4v) is 2.15. The van der Waals surface area contributed by atoms with E-state index in [0.717, 1.165) is 5.56 Å². The summed E-state index contributed by atoms with van der Waals surface area (Å²) in [5.74, 6) is -0.236. The van der Waals surface area contributed by atoms with Crippen LogP contribution in [0.15, 0.2) is 54.6 Å². The van der Waals surface area contributed by atoms with Crippen LogP contribution in [-0.4, -0.2) is 26.2 Å². The third kappa shape index (κ3) is 3.45. The molecule has 3 nitrogen and oxygen atoms in total. The van der Waals surface area contributed by atoms with E-state index < -0.39 is 0 Å². The van der Waals surface area contributed by atoms with Crippen molar-refractivity contribution in [2.45, 2.75) is 12.5 Å². The van der Waals surface area contributed by atoms with Gasteiger partial charge in [0.25, 0.3) is 0 Å². The van der Waals surface area contributed by atoms with Crippen LogP contribution in [-0.2, 0) is 16.0 Å². The molecule has 0 heterocycles. The van der Waals surface area contributed by atoms with Crippen molar-refractivity contribution in [3.63, 3.8) is 0 Å². The summed E-state index contributed by atoms with van der Waals surface area (Å²) >= 11 is 0. The zero-order valence-corrected chi connectivity index (χ0v) is 11.8. The molecule has 0 aromatic heterocycles. The van der Waals surface area contributed by atoms with Crippen LogP contribution in [0, 0.1) is 0 Å². The molecule has 104 valence electrons. The van der Waals surface area contributed by atoms with E-state index in [1.807, 2.05) is 18.2 Å². The average molecular weight is 269 g/mol. The highest BCUT2D eigenvalue weighted by Crippen LogP contribution is 2.19. The topological polar surface area (TPSA) is 38.3 Å². The molecule has 0 saturated carbocycles. The normalized spacial score (nSPS) is 11.9. The standard InChI is InChI=1S/C17H19NO2/c1-18-16(17(19)20-2)12-13-8-10-15(11-9-13)14-6-4-3-5-7-14/h3-11,16,18H,12H2,1-2H3/t16-/m0/s1. The third-order valence-electron chi connectivity index (χ3n) is 3.34. The van der Waals surface area contributed by atoms with Gasteiger partial charge < -0.3 is 10.1 Å². The Morgan fingerprint density at radius 2 is 1.65 bits per heavy atom. The van der Waals surface area contributed by atoms with Gasteiger partial charge in [0.1, 0.15) is 6.04 Å². The molecular weight excluding hydrogens is 250 g/mol. The molecule has 0 saturated heterocycles. The van der Waals surface area contributed by atoms with E-state index in [9.17, 15) is 4.79 Å². The van der Waals surface area contributed by atoms with Gasteiger partial charge in [-0.2, -0.15) is 0 Å². The number of carbonyl (C=O) groups is 1. The lowest BCUT2D eigenvalue weighted by Gasteiger charge is -2.13. The van der Waals surface area contributed by atoms with Gasteiger partial charge in [0.05, 0.1) is 7.11 Å². The summed E-state index contributed by atoms with van der Waals surface area (Å²) in [7, 11) is 3.17. The number of esters is 1.